The maximum Gasteiger partial charge on any atom is 0.262 e. The van der Waals surface area contributed by atoms with Crippen LogP contribution >= 0.6 is 0 Å². The molecule has 3 rings (SSSR count). The maximum atomic E-state index is 12.4. The highest BCUT2D eigenvalue weighted by molar-refractivity contribution is 7.92. The lowest BCUT2D eigenvalue weighted by atomic mass is 10.3. The highest BCUT2D eigenvalue weighted by Crippen LogP contribution is 2.18. The van der Waals surface area contributed by atoms with Crippen molar-refractivity contribution in [3.05, 3.63) is 84.9 Å². The van der Waals surface area contributed by atoms with Crippen molar-refractivity contribution in [2.45, 2.75) is 4.90 Å². The first-order valence-corrected chi connectivity index (χ1v) is 9.67. The van der Waals surface area contributed by atoms with Crippen molar-refractivity contribution in [1.29, 1.82) is 0 Å². The van der Waals surface area contributed by atoms with Gasteiger partial charge in [-0.1, -0.05) is 36.4 Å². The summed E-state index contributed by atoms with van der Waals surface area (Å²) in [6.07, 6.45) is 0. The summed E-state index contributed by atoms with van der Waals surface area (Å²) in [7, 11) is -3.69. The van der Waals surface area contributed by atoms with Gasteiger partial charge >= 0.3 is 0 Å². The smallest absolute Gasteiger partial charge is 0.262 e. The van der Waals surface area contributed by atoms with Crippen molar-refractivity contribution in [3.8, 4) is 5.75 Å². The molecule has 7 heteroatoms. The van der Waals surface area contributed by atoms with E-state index in [0.29, 0.717) is 17.1 Å². The fourth-order valence-corrected chi connectivity index (χ4v) is 3.36. The molecule has 27 heavy (non-hydrogen) atoms. The lowest BCUT2D eigenvalue weighted by Crippen LogP contribution is -2.20. The Balaban J connectivity index is 1.59. The van der Waals surface area contributed by atoms with E-state index in [0.717, 1.165) is 0 Å². The van der Waals surface area contributed by atoms with Crippen LogP contribution in [0.15, 0.2) is 89.8 Å². The molecule has 6 nitrogen and oxygen atoms in total. The summed E-state index contributed by atoms with van der Waals surface area (Å²) in [6.45, 7) is -0.139. The molecule has 3 aromatic rings. The van der Waals surface area contributed by atoms with Gasteiger partial charge in [0.05, 0.1) is 4.90 Å². The average Bonchev–Trinajstić information content (AvgIpc) is 2.68. The van der Waals surface area contributed by atoms with Crippen molar-refractivity contribution in [2.75, 3.05) is 16.6 Å². The van der Waals surface area contributed by atoms with Crippen molar-refractivity contribution < 1.29 is 17.9 Å². The molecule has 0 unspecified atom stereocenters. The summed E-state index contributed by atoms with van der Waals surface area (Å²) in [5, 5.41) is 2.66. The number of ether oxygens (including phenoxy) is 1. The molecule has 0 aliphatic carbocycles. The minimum absolute atomic E-state index is 0.102. The summed E-state index contributed by atoms with van der Waals surface area (Å²) in [5.74, 6) is 0.262. The fraction of sp³-hybridized carbons (Fsp3) is 0.0500. The van der Waals surface area contributed by atoms with Crippen LogP contribution in [0.5, 0.6) is 5.75 Å². The second kappa shape index (κ2) is 8.37. The van der Waals surface area contributed by atoms with Gasteiger partial charge in [0.25, 0.3) is 15.9 Å². The van der Waals surface area contributed by atoms with Crippen LogP contribution in [0.1, 0.15) is 0 Å². The van der Waals surface area contributed by atoms with E-state index >= 15 is 0 Å². The minimum atomic E-state index is -3.69. The second-order valence-electron chi connectivity index (χ2n) is 5.65. The Kier molecular flexibility index (Phi) is 5.73. The van der Waals surface area contributed by atoms with Gasteiger partial charge in [-0.05, 0) is 48.5 Å². The van der Waals surface area contributed by atoms with E-state index in [4.69, 9.17) is 4.74 Å². The Hall–Kier alpha value is -3.32. The molecular formula is C20H18N2O4S. The third-order valence-corrected chi connectivity index (χ3v) is 4.98. The topological polar surface area (TPSA) is 84.5 Å². The number of para-hydroxylation sites is 2. The first-order valence-electron chi connectivity index (χ1n) is 8.18. The number of carbonyl (C=O) groups excluding carboxylic acids is 1. The van der Waals surface area contributed by atoms with Crippen LogP contribution in [-0.4, -0.2) is 20.9 Å². The Morgan fingerprint density at radius 3 is 2.00 bits per heavy atom. The number of nitrogens with one attached hydrogen (secondary N) is 2. The van der Waals surface area contributed by atoms with Gasteiger partial charge in [-0.25, -0.2) is 8.42 Å². The standard InChI is InChI=1S/C20H18N2O4S/c23-20(15-26-18-9-5-2-6-10-18)21-16-11-13-19(14-12-16)27(24,25)22-17-7-3-1-4-8-17/h1-14,22H,15H2,(H,21,23). The summed E-state index contributed by atoms with van der Waals surface area (Å²) in [5.41, 5.74) is 0.961. The SMILES string of the molecule is O=C(COc1ccccc1)Nc1ccc(S(=O)(=O)Nc2ccccc2)cc1. The fourth-order valence-electron chi connectivity index (χ4n) is 2.30. The molecule has 0 spiro atoms. The molecule has 138 valence electrons. The van der Waals surface area contributed by atoms with E-state index in [9.17, 15) is 13.2 Å². The van der Waals surface area contributed by atoms with Crippen LogP contribution in [0.25, 0.3) is 0 Å². The largest absolute Gasteiger partial charge is 0.484 e. The Labute approximate surface area is 157 Å². The molecule has 1 amide bonds. The monoisotopic (exact) mass is 382 g/mol. The Morgan fingerprint density at radius 2 is 1.37 bits per heavy atom. The average molecular weight is 382 g/mol. The third kappa shape index (κ3) is 5.32. The lowest BCUT2D eigenvalue weighted by molar-refractivity contribution is -0.118. The van der Waals surface area contributed by atoms with Crippen LogP contribution in [0, 0.1) is 0 Å². The molecule has 0 saturated carbocycles. The number of sulfonamides is 1. The van der Waals surface area contributed by atoms with Gasteiger partial charge in [-0.2, -0.15) is 0 Å². The zero-order valence-electron chi connectivity index (χ0n) is 14.3. The summed E-state index contributed by atoms with van der Waals surface area (Å²) in [4.78, 5) is 12.0. The molecule has 2 N–H and O–H groups in total. The Bertz CT molecular complexity index is 989. The van der Waals surface area contributed by atoms with Gasteiger partial charge in [0.1, 0.15) is 5.75 Å². The highest BCUT2D eigenvalue weighted by atomic mass is 32.2. The molecule has 0 heterocycles. The number of rotatable bonds is 7. The first kappa shape index (κ1) is 18.5. The summed E-state index contributed by atoms with van der Waals surface area (Å²) in [6, 6.07) is 23.5. The maximum absolute atomic E-state index is 12.4. The number of amides is 1. The van der Waals surface area contributed by atoms with Crippen molar-refractivity contribution in [1.82, 2.24) is 0 Å². The molecule has 0 atom stereocenters. The molecule has 0 aromatic heterocycles. The van der Waals surface area contributed by atoms with E-state index < -0.39 is 10.0 Å². The molecule has 3 aromatic carbocycles. The number of hydrogen-bond donors (Lipinski definition) is 2. The molecule has 0 radical (unpaired) electrons. The summed E-state index contributed by atoms with van der Waals surface area (Å²) >= 11 is 0. The molecule has 0 aliphatic rings. The first-order chi connectivity index (χ1) is 13.0. The van der Waals surface area contributed by atoms with Gasteiger partial charge in [-0.15, -0.1) is 0 Å². The van der Waals surface area contributed by atoms with Crippen LogP contribution < -0.4 is 14.8 Å². The van der Waals surface area contributed by atoms with Gasteiger partial charge in [0, 0.05) is 11.4 Å². The zero-order valence-corrected chi connectivity index (χ0v) is 15.1. The van der Waals surface area contributed by atoms with E-state index in [-0.39, 0.29) is 17.4 Å². The van der Waals surface area contributed by atoms with Gasteiger partial charge in [0.15, 0.2) is 6.61 Å². The van der Waals surface area contributed by atoms with Crippen LogP contribution in [-0.2, 0) is 14.8 Å². The van der Waals surface area contributed by atoms with E-state index in [1.807, 2.05) is 18.2 Å². The number of benzene rings is 3. The van der Waals surface area contributed by atoms with E-state index in [2.05, 4.69) is 10.0 Å². The predicted molar refractivity (Wildman–Crippen MR) is 104 cm³/mol. The lowest BCUT2D eigenvalue weighted by Gasteiger charge is -2.10. The third-order valence-electron chi connectivity index (χ3n) is 3.59. The van der Waals surface area contributed by atoms with E-state index in [1.165, 1.54) is 24.3 Å². The molecule has 0 bridgehead atoms. The second-order valence-corrected chi connectivity index (χ2v) is 7.33. The normalized spacial score (nSPS) is 10.8. The number of carbonyl (C=O) groups is 1. The zero-order chi connectivity index (χ0) is 19.1. The molecular weight excluding hydrogens is 364 g/mol. The highest BCUT2D eigenvalue weighted by Gasteiger charge is 2.14. The molecule has 0 aliphatic heterocycles. The Morgan fingerprint density at radius 1 is 0.778 bits per heavy atom. The van der Waals surface area contributed by atoms with Gasteiger partial charge in [-0.3, -0.25) is 9.52 Å². The van der Waals surface area contributed by atoms with Crippen LogP contribution in [0.2, 0.25) is 0 Å². The van der Waals surface area contributed by atoms with Crippen molar-refractivity contribution >= 4 is 27.3 Å². The van der Waals surface area contributed by atoms with Gasteiger partial charge in [0.2, 0.25) is 0 Å². The van der Waals surface area contributed by atoms with Crippen LogP contribution in [0.3, 0.4) is 0 Å². The quantitative estimate of drug-likeness (QED) is 0.655. The van der Waals surface area contributed by atoms with Crippen molar-refractivity contribution in [2.24, 2.45) is 0 Å². The molecule has 0 saturated heterocycles. The number of hydrogen-bond acceptors (Lipinski definition) is 4. The van der Waals surface area contributed by atoms with Crippen molar-refractivity contribution in [3.63, 3.8) is 0 Å². The minimum Gasteiger partial charge on any atom is -0.484 e. The van der Waals surface area contributed by atoms with E-state index in [1.54, 1.807) is 42.5 Å². The summed E-state index contributed by atoms with van der Waals surface area (Å²) < 4.78 is 32.6. The molecule has 0 fully saturated rings. The van der Waals surface area contributed by atoms with Crippen LogP contribution in [0.4, 0.5) is 11.4 Å². The predicted octanol–water partition coefficient (Wildman–Crippen LogP) is 3.50. The van der Waals surface area contributed by atoms with Gasteiger partial charge < -0.3 is 10.1 Å². The number of anilines is 2.